The first-order valence-electron chi connectivity index (χ1n) is 15.5. The molecule has 0 saturated carbocycles. The zero-order valence-electron chi connectivity index (χ0n) is 27.2. The van der Waals surface area contributed by atoms with Crippen LogP contribution in [0.4, 0.5) is 0 Å². The van der Waals surface area contributed by atoms with Crippen LogP contribution in [0.2, 0.25) is 0 Å². The minimum Gasteiger partial charge on any atom is -0.330 e. The van der Waals surface area contributed by atoms with Gasteiger partial charge in [-0.15, -0.1) is 0 Å². The quantitative estimate of drug-likeness (QED) is 0.0782. The van der Waals surface area contributed by atoms with Gasteiger partial charge in [0, 0.05) is 24.2 Å². The largest absolute Gasteiger partial charge is 0.330 e. The molecule has 0 aromatic heterocycles. The van der Waals surface area contributed by atoms with E-state index in [0.29, 0.717) is 50.2 Å². The van der Waals surface area contributed by atoms with E-state index in [9.17, 15) is 0 Å². The molecule has 0 aliphatic carbocycles. The number of nitrogens with zero attached hydrogens (tertiary/aromatic N) is 4. The number of nitriles is 2. The Morgan fingerprint density at radius 3 is 1.35 bits per heavy atom. The van der Waals surface area contributed by atoms with Crippen LogP contribution in [-0.2, 0) is 13.6 Å². The molecule has 2 unspecified atom stereocenters. The average Bonchev–Trinajstić information content (AvgIpc) is 2.87. The smallest absolute Gasteiger partial charge is 0.259 e. The van der Waals surface area contributed by atoms with Crippen molar-refractivity contribution in [3.8, 4) is 12.1 Å². The number of hydrogen-bond acceptors (Lipinski definition) is 7. The summed E-state index contributed by atoms with van der Waals surface area (Å²) in [6, 6.07) is 5.64. The van der Waals surface area contributed by atoms with Gasteiger partial charge >= 0.3 is 0 Å². The summed E-state index contributed by atoms with van der Waals surface area (Å²) in [5, 5.41) is 17.1. The highest BCUT2D eigenvalue weighted by molar-refractivity contribution is 7.78. The van der Waals surface area contributed by atoms with Gasteiger partial charge in [-0.3, -0.25) is 0 Å². The van der Waals surface area contributed by atoms with Crippen molar-refractivity contribution < 1.29 is 13.6 Å². The molecule has 0 amide bonds. The monoisotopic (exact) mass is 622 g/mol. The highest BCUT2D eigenvalue weighted by atomic mass is 35.7. The third-order valence-corrected chi connectivity index (χ3v) is 10.6. The summed E-state index contributed by atoms with van der Waals surface area (Å²) in [6.07, 6.45) is 14.1. The Balaban J connectivity index is 0. The molecule has 0 saturated heterocycles. The van der Waals surface area contributed by atoms with Gasteiger partial charge < -0.3 is 13.6 Å². The molecule has 0 aliphatic rings. The molecule has 0 radical (unpaired) electrons. The second kappa shape index (κ2) is 29.0. The first-order valence-corrected chi connectivity index (χ1v) is 18.7. The van der Waals surface area contributed by atoms with Crippen molar-refractivity contribution in [3.05, 3.63) is 0 Å². The molecule has 10 heteroatoms. The van der Waals surface area contributed by atoms with Crippen molar-refractivity contribution in [1.29, 1.82) is 10.5 Å². The average molecular weight is 623 g/mol. The summed E-state index contributed by atoms with van der Waals surface area (Å²) in [4.78, 5) is 0. The van der Waals surface area contributed by atoms with Gasteiger partial charge in [-0.1, -0.05) is 64.7 Å². The predicted molar refractivity (Wildman–Crippen MR) is 174 cm³/mol. The van der Waals surface area contributed by atoms with Gasteiger partial charge in [0.1, 0.15) is 0 Å². The molecule has 0 N–H and O–H groups in total. The Morgan fingerprint density at radius 2 is 0.950 bits per heavy atom. The van der Waals surface area contributed by atoms with Crippen LogP contribution in [-0.4, -0.2) is 53.3 Å². The number of hydrogen-bond donors (Lipinski definition) is 0. The molecule has 0 spiro atoms. The highest BCUT2D eigenvalue weighted by Crippen LogP contribution is 2.49. The van der Waals surface area contributed by atoms with E-state index in [0.717, 1.165) is 13.0 Å². The topological polar surface area (TPSA) is 81.7 Å². The lowest BCUT2D eigenvalue weighted by atomic mass is 10.1. The fourth-order valence-electron chi connectivity index (χ4n) is 4.24. The van der Waals surface area contributed by atoms with Crippen molar-refractivity contribution in [1.82, 2.24) is 9.34 Å². The molecule has 0 bridgehead atoms. The first-order chi connectivity index (χ1) is 19.0. The lowest BCUT2D eigenvalue weighted by Gasteiger charge is -2.35. The third-order valence-electron chi connectivity index (χ3n) is 6.01. The van der Waals surface area contributed by atoms with Crippen molar-refractivity contribution in [2.75, 3.05) is 19.8 Å². The lowest BCUT2D eigenvalue weighted by molar-refractivity contribution is 0.174. The minimum atomic E-state index is -1.08. The van der Waals surface area contributed by atoms with Gasteiger partial charge in [0.05, 0.1) is 44.8 Å². The summed E-state index contributed by atoms with van der Waals surface area (Å²) < 4.78 is 21.8. The molecular weight excluding hydrogens is 562 g/mol. The van der Waals surface area contributed by atoms with Crippen LogP contribution in [0.25, 0.3) is 0 Å². The van der Waals surface area contributed by atoms with E-state index >= 15 is 0 Å². The highest BCUT2D eigenvalue weighted by Gasteiger charge is 2.27. The van der Waals surface area contributed by atoms with Gasteiger partial charge in [-0.2, -0.15) is 10.5 Å². The second-order valence-corrected chi connectivity index (χ2v) is 14.6. The van der Waals surface area contributed by atoms with Crippen molar-refractivity contribution >= 4 is 27.4 Å². The van der Waals surface area contributed by atoms with Crippen LogP contribution in [0.1, 0.15) is 139 Å². The minimum absolute atomic E-state index is 0.362. The fourth-order valence-corrected chi connectivity index (χ4v) is 8.22. The van der Waals surface area contributed by atoms with E-state index in [4.69, 9.17) is 35.3 Å². The van der Waals surface area contributed by atoms with Crippen LogP contribution < -0.4 is 0 Å². The molecule has 0 fully saturated rings. The molecule has 40 heavy (non-hydrogen) atoms. The molecule has 7 nitrogen and oxygen atoms in total. The lowest BCUT2D eigenvalue weighted by Crippen LogP contribution is -2.33. The number of unbranched alkanes of at least 4 members (excludes halogenated alkanes) is 9. The van der Waals surface area contributed by atoms with E-state index in [1.54, 1.807) is 0 Å². The standard InChI is InChI=1S/C21H43N2O2P.C9H18ClN2OP/c1-6-7-8-9-10-11-12-13-14-15-18-24-26(25-19-16-17-22)23(20(2)3)21(4)5;1-8(2)12(9(3)4)14(10)13-7-5-6-11/h20-21H,6-16,18-19H2,1-5H3;8-9H,5,7H2,1-4H3. The van der Waals surface area contributed by atoms with Crippen LogP contribution in [0.3, 0.4) is 0 Å². The maximum absolute atomic E-state index is 8.74. The van der Waals surface area contributed by atoms with Gasteiger partial charge in [0.15, 0.2) is 0 Å². The van der Waals surface area contributed by atoms with Crippen molar-refractivity contribution in [3.63, 3.8) is 0 Å². The third kappa shape index (κ3) is 23.5. The van der Waals surface area contributed by atoms with E-state index in [1.807, 2.05) is 6.07 Å². The van der Waals surface area contributed by atoms with Crippen LogP contribution in [0.5, 0.6) is 0 Å². The summed E-state index contributed by atoms with van der Waals surface area (Å²) in [7, 11) is -2.15. The maximum Gasteiger partial charge on any atom is 0.259 e. The van der Waals surface area contributed by atoms with E-state index in [2.05, 4.69) is 77.7 Å². The molecule has 0 rings (SSSR count). The molecule has 0 heterocycles. The van der Waals surface area contributed by atoms with E-state index in [1.165, 1.54) is 57.8 Å². The van der Waals surface area contributed by atoms with Crippen LogP contribution in [0.15, 0.2) is 0 Å². The van der Waals surface area contributed by atoms with Gasteiger partial charge in [0.25, 0.3) is 8.53 Å². The normalized spacial score (nSPS) is 13.2. The first kappa shape index (κ1) is 42.1. The Hall–Kier alpha value is -0.0700. The van der Waals surface area contributed by atoms with Gasteiger partial charge in [-0.25, -0.2) is 9.34 Å². The maximum atomic E-state index is 8.74. The van der Waals surface area contributed by atoms with Gasteiger partial charge in [0.2, 0.25) is 7.65 Å². The number of rotatable bonds is 24. The van der Waals surface area contributed by atoms with E-state index in [-0.39, 0.29) is 0 Å². The van der Waals surface area contributed by atoms with E-state index < -0.39 is 16.2 Å². The zero-order chi connectivity index (χ0) is 30.8. The Kier molecular flexibility index (Phi) is 30.5. The predicted octanol–water partition coefficient (Wildman–Crippen LogP) is 10.7. The Morgan fingerprint density at radius 1 is 0.575 bits per heavy atom. The summed E-state index contributed by atoms with van der Waals surface area (Å²) >= 11 is 6.13. The fraction of sp³-hybridized carbons (Fsp3) is 0.933. The molecule has 236 valence electrons. The second-order valence-electron chi connectivity index (χ2n) is 11.1. The van der Waals surface area contributed by atoms with Crippen LogP contribution in [0, 0.1) is 22.7 Å². The summed E-state index contributed by atoms with van der Waals surface area (Å²) in [5.74, 6) is 0. The van der Waals surface area contributed by atoms with Crippen molar-refractivity contribution in [2.45, 2.75) is 164 Å². The molecule has 2 atom stereocenters. The molecule has 0 aliphatic heterocycles. The molecule has 0 aromatic rings. The Bertz CT molecular complexity index is 629. The van der Waals surface area contributed by atoms with Crippen molar-refractivity contribution in [2.24, 2.45) is 0 Å². The van der Waals surface area contributed by atoms with Gasteiger partial charge in [-0.05, 0) is 73.1 Å². The number of halogens is 1. The SMILES string of the molecule is CC(C)N(C(C)C)P(Cl)OCCC#N.CCCCCCCCCCCCOP(OCCC#N)N(C(C)C)C(C)C. The zero-order valence-corrected chi connectivity index (χ0v) is 29.7. The summed E-state index contributed by atoms with van der Waals surface area (Å²) in [6.45, 7) is 20.9. The summed E-state index contributed by atoms with van der Waals surface area (Å²) in [5.41, 5.74) is 0. The van der Waals surface area contributed by atoms with Crippen LogP contribution >= 0.6 is 27.4 Å². The Labute approximate surface area is 255 Å². The molecular formula is C30H61ClN4O3P2. The molecule has 0 aromatic carbocycles.